The highest BCUT2D eigenvalue weighted by molar-refractivity contribution is 6.06. The lowest BCUT2D eigenvalue weighted by molar-refractivity contribution is -0.149. The Hall–Kier alpha value is -3.29. The van der Waals surface area contributed by atoms with Gasteiger partial charge in [0.25, 0.3) is 5.91 Å². The normalized spacial score (nSPS) is 19.3. The van der Waals surface area contributed by atoms with Crippen molar-refractivity contribution in [3.8, 4) is 0 Å². The third-order valence-corrected chi connectivity index (χ3v) is 6.47. The van der Waals surface area contributed by atoms with Gasteiger partial charge in [-0.3, -0.25) is 14.5 Å². The maximum Gasteiger partial charge on any atom is 0.251 e. The number of nitrogens with one attached hydrogen (secondary N) is 1. The summed E-state index contributed by atoms with van der Waals surface area (Å²) in [5.74, 6) is 0.0462. The van der Waals surface area contributed by atoms with Gasteiger partial charge in [-0.15, -0.1) is 0 Å². The van der Waals surface area contributed by atoms with Crippen molar-refractivity contribution in [1.82, 2.24) is 20.1 Å². The van der Waals surface area contributed by atoms with Crippen LogP contribution in [0.4, 0.5) is 0 Å². The van der Waals surface area contributed by atoms with E-state index in [1.165, 1.54) is 5.56 Å². The third-order valence-electron chi connectivity index (χ3n) is 6.47. The Kier molecular flexibility index (Phi) is 6.07. The minimum Gasteiger partial charge on any atom is -0.368 e. The Morgan fingerprint density at radius 3 is 2.61 bits per heavy atom. The predicted molar refractivity (Wildman–Crippen MR) is 126 cm³/mol. The molecule has 1 N–H and O–H groups in total. The molecule has 3 heterocycles. The van der Waals surface area contributed by atoms with E-state index in [4.69, 9.17) is 9.72 Å². The van der Waals surface area contributed by atoms with E-state index in [0.29, 0.717) is 31.0 Å². The number of carbonyl (C=O) groups excluding carboxylic acids is 2. The summed E-state index contributed by atoms with van der Waals surface area (Å²) in [6, 6.07) is 19.7. The van der Waals surface area contributed by atoms with Gasteiger partial charge < -0.3 is 15.0 Å². The second-order valence-electron chi connectivity index (χ2n) is 8.71. The lowest BCUT2D eigenvalue weighted by Crippen LogP contribution is -2.56. The first-order chi connectivity index (χ1) is 16.1. The molecule has 5 rings (SSSR count). The Labute approximate surface area is 193 Å². The number of para-hydroxylation sites is 1. The number of pyridine rings is 1. The van der Waals surface area contributed by atoms with Gasteiger partial charge in [-0.05, 0) is 17.7 Å². The van der Waals surface area contributed by atoms with Gasteiger partial charge in [0, 0.05) is 38.6 Å². The van der Waals surface area contributed by atoms with E-state index in [1.54, 1.807) is 13.1 Å². The van der Waals surface area contributed by atoms with Crippen molar-refractivity contribution in [2.75, 3.05) is 39.8 Å². The second kappa shape index (κ2) is 9.29. The van der Waals surface area contributed by atoms with Gasteiger partial charge in [0.05, 0.1) is 35.8 Å². The van der Waals surface area contributed by atoms with Crippen molar-refractivity contribution in [2.45, 2.75) is 12.6 Å². The number of hydrogen-bond donors (Lipinski definition) is 1. The molecule has 2 aromatic carbocycles. The molecule has 2 saturated heterocycles. The topological polar surface area (TPSA) is 74.8 Å². The third kappa shape index (κ3) is 4.47. The van der Waals surface area contributed by atoms with Crippen LogP contribution in [0.1, 0.15) is 27.7 Å². The number of nitrogens with zero attached hydrogens (tertiary/aromatic N) is 3. The summed E-state index contributed by atoms with van der Waals surface area (Å²) in [4.78, 5) is 34.6. The summed E-state index contributed by atoms with van der Waals surface area (Å²) in [6.07, 6.45) is -0.351. The van der Waals surface area contributed by atoms with Crippen LogP contribution in [0.3, 0.4) is 0 Å². The number of fused-ring (bicyclic) bond motifs is 1. The molecule has 7 nitrogen and oxygen atoms in total. The largest absolute Gasteiger partial charge is 0.368 e. The lowest BCUT2D eigenvalue weighted by Gasteiger charge is -2.42. The maximum atomic E-state index is 13.1. The van der Waals surface area contributed by atoms with Gasteiger partial charge >= 0.3 is 0 Å². The number of likely N-dealkylation sites (tertiary alicyclic amines) is 1. The number of benzene rings is 2. The monoisotopic (exact) mass is 444 g/mol. The van der Waals surface area contributed by atoms with Crippen LogP contribution in [-0.2, 0) is 16.1 Å². The highest BCUT2D eigenvalue weighted by Gasteiger charge is 2.37. The summed E-state index contributed by atoms with van der Waals surface area (Å²) >= 11 is 0. The quantitative estimate of drug-likeness (QED) is 0.655. The van der Waals surface area contributed by atoms with Crippen LogP contribution in [0.5, 0.6) is 0 Å². The molecule has 0 spiro atoms. The lowest BCUT2D eigenvalue weighted by atomic mass is 9.96. The molecule has 1 atom stereocenters. The number of amides is 2. The maximum absolute atomic E-state index is 13.1. The highest BCUT2D eigenvalue weighted by Crippen LogP contribution is 2.28. The SMILES string of the molecule is CNC(=O)c1cc(C2CN(C(=O)C3CN(Cc4ccccc4)C3)CCO2)nc2ccccc12. The summed E-state index contributed by atoms with van der Waals surface area (Å²) in [5.41, 5.74) is 3.27. The van der Waals surface area contributed by atoms with Gasteiger partial charge in [-0.25, -0.2) is 4.98 Å². The first-order valence-electron chi connectivity index (χ1n) is 11.4. The fourth-order valence-electron chi connectivity index (χ4n) is 4.67. The molecular formula is C26H28N4O3. The highest BCUT2D eigenvalue weighted by atomic mass is 16.5. The van der Waals surface area contributed by atoms with Gasteiger partial charge in [0.15, 0.2) is 0 Å². The summed E-state index contributed by atoms with van der Waals surface area (Å²) in [5, 5.41) is 3.51. The van der Waals surface area contributed by atoms with E-state index >= 15 is 0 Å². The van der Waals surface area contributed by atoms with Crippen LogP contribution in [0.2, 0.25) is 0 Å². The molecule has 170 valence electrons. The molecule has 0 bridgehead atoms. The zero-order valence-electron chi connectivity index (χ0n) is 18.7. The zero-order valence-corrected chi connectivity index (χ0v) is 18.7. The van der Waals surface area contributed by atoms with E-state index in [1.807, 2.05) is 47.4 Å². The number of carbonyl (C=O) groups is 2. The average Bonchev–Trinajstić information content (AvgIpc) is 2.85. The minimum absolute atomic E-state index is 0.0263. The van der Waals surface area contributed by atoms with Crippen LogP contribution < -0.4 is 5.32 Å². The van der Waals surface area contributed by atoms with Crippen molar-refractivity contribution < 1.29 is 14.3 Å². The number of morpholine rings is 1. The Morgan fingerprint density at radius 1 is 1.06 bits per heavy atom. The van der Waals surface area contributed by atoms with Crippen LogP contribution in [0, 0.1) is 5.92 Å². The minimum atomic E-state index is -0.351. The van der Waals surface area contributed by atoms with E-state index in [2.05, 4.69) is 22.3 Å². The number of ether oxygens (including phenoxy) is 1. The summed E-state index contributed by atoms with van der Waals surface area (Å²) in [6.45, 7) is 3.93. The molecule has 1 unspecified atom stereocenters. The molecule has 0 saturated carbocycles. The molecular weight excluding hydrogens is 416 g/mol. The van der Waals surface area contributed by atoms with E-state index in [0.717, 1.165) is 30.5 Å². The Balaban J connectivity index is 1.27. The molecule has 1 aromatic heterocycles. The van der Waals surface area contributed by atoms with Gasteiger partial charge in [0.2, 0.25) is 5.91 Å². The standard InChI is InChI=1S/C26H28N4O3/c1-27-25(31)21-13-23(28-22-10-6-5-9-20(21)22)24-17-30(11-12-33-24)26(32)19-15-29(16-19)14-18-7-3-2-4-8-18/h2-10,13,19,24H,11-12,14-17H2,1H3,(H,27,31). The van der Waals surface area contributed by atoms with Crippen molar-refractivity contribution >= 4 is 22.7 Å². The zero-order chi connectivity index (χ0) is 22.8. The first kappa shape index (κ1) is 21.6. The van der Waals surface area contributed by atoms with Crippen LogP contribution >= 0.6 is 0 Å². The Morgan fingerprint density at radius 2 is 1.82 bits per heavy atom. The molecule has 7 heteroatoms. The fourth-order valence-corrected chi connectivity index (χ4v) is 4.67. The van der Waals surface area contributed by atoms with Crippen molar-refractivity contribution in [3.05, 3.63) is 77.5 Å². The van der Waals surface area contributed by atoms with Crippen LogP contribution in [-0.4, -0.2) is 66.4 Å². The average molecular weight is 445 g/mol. The number of hydrogen-bond acceptors (Lipinski definition) is 5. The molecule has 0 aliphatic carbocycles. The van der Waals surface area contributed by atoms with Gasteiger partial charge in [-0.2, -0.15) is 0 Å². The smallest absolute Gasteiger partial charge is 0.251 e. The van der Waals surface area contributed by atoms with Crippen molar-refractivity contribution in [1.29, 1.82) is 0 Å². The molecule has 33 heavy (non-hydrogen) atoms. The molecule has 2 aliphatic heterocycles. The fraction of sp³-hybridized carbons (Fsp3) is 0.346. The second-order valence-corrected chi connectivity index (χ2v) is 8.71. The molecule has 2 aliphatic rings. The first-order valence-corrected chi connectivity index (χ1v) is 11.4. The van der Waals surface area contributed by atoms with Crippen LogP contribution in [0.25, 0.3) is 10.9 Å². The predicted octanol–water partition coefficient (Wildman–Crippen LogP) is 2.63. The van der Waals surface area contributed by atoms with E-state index < -0.39 is 0 Å². The van der Waals surface area contributed by atoms with Gasteiger partial charge in [0.1, 0.15) is 6.10 Å². The summed E-state index contributed by atoms with van der Waals surface area (Å²) in [7, 11) is 1.62. The molecule has 3 aromatic rings. The summed E-state index contributed by atoms with van der Waals surface area (Å²) < 4.78 is 5.99. The number of rotatable bonds is 5. The molecule has 2 fully saturated rings. The molecule has 2 amide bonds. The molecule has 0 radical (unpaired) electrons. The van der Waals surface area contributed by atoms with E-state index in [-0.39, 0.29) is 23.8 Å². The van der Waals surface area contributed by atoms with Crippen molar-refractivity contribution in [3.63, 3.8) is 0 Å². The van der Waals surface area contributed by atoms with Crippen LogP contribution in [0.15, 0.2) is 60.7 Å². The van der Waals surface area contributed by atoms with E-state index in [9.17, 15) is 9.59 Å². The Bertz CT molecular complexity index is 1160. The van der Waals surface area contributed by atoms with Gasteiger partial charge in [-0.1, -0.05) is 48.5 Å². The number of aromatic nitrogens is 1. The van der Waals surface area contributed by atoms with Crippen molar-refractivity contribution in [2.24, 2.45) is 5.92 Å².